The van der Waals surface area contributed by atoms with Gasteiger partial charge in [0.05, 0.1) is 0 Å². The molecule has 3 aromatic rings. The molecule has 1 aliphatic heterocycles. The van der Waals surface area contributed by atoms with Crippen molar-refractivity contribution in [2.45, 2.75) is 52.5 Å². The lowest BCUT2D eigenvalue weighted by Crippen LogP contribution is -2.54. The third-order valence-electron chi connectivity index (χ3n) is 7.02. The first-order valence-electron chi connectivity index (χ1n) is 13.5. The van der Waals surface area contributed by atoms with Crippen molar-refractivity contribution in [1.82, 2.24) is 15.5 Å². The van der Waals surface area contributed by atoms with E-state index >= 15 is 0 Å². The summed E-state index contributed by atoms with van der Waals surface area (Å²) in [6.45, 7) is 8.55. The molecule has 0 unspecified atom stereocenters. The summed E-state index contributed by atoms with van der Waals surface area (Å²) in [6, 6.07) is 22.9. The molecule has 0 radical (unpaired) electrons. The zero-order chi connectivity index (χ0) is 26.9. The predicted octanol–water partition coefficient (Wildman–Crippen LogP) is 4.75. The summed E-state index contributed by atoms with van der Waals surface area (Å²) in [5.74, 6) is 1.71. The molecular weight excluding hydrogens is 474 g/mol. The van der Waals surface area contributed by atoms with Gasteiger partial charge in [-0.25, -0.2) is 0 Å². The topological polar surface area (TPSA) is 70.7 Å². The number of hydrogen-bond donors (Lipinski definition) is 2. The van der Waals surface area contributed by atoms with Crippen molar-refractivity contribution >= 4 is 11.8 Å². The minimum Gasteiger partial charge on any atom is -0.457 e. The third-order valence-corrected chi connectivity index (χ3v) is 7.02. The fourth-order valence-electron chi connectivity index (χ4n) is 5.00. The number of nitrogens with zero attached hydrogens (tertiary/aromatic N) is 1. The number of carbonyl (C=O) groups excluding carboxylic acids is 2. The van der Waals surface area contributed by atoms with Gasteiger partial charge in [-0.2, -0.15) is 0 Å². The summed E-state index contributed by atoms with van der Waals surface area (Å²) < 4.78 is 6.46. The van der Waals surface area contributed by atoms with Crippen molar-refractivity contribution in [3.63, 3.8) is 0 Å². The maximum atomic E-state index is 13.4. The van der Waals surface area contributed by atoms with Crippen molar-refractivity contribution in [3.05, 3.63) is 94.5 Å². The molecule has 38 heavy (non-hydrogen) atoms. The second kappa shape index (κ2) is 13.2. The number of amides is 2. The van der Waals surface area contributed by atoms with E-state index in [1.165, 1.54) is 12.5 Å². The van der Waals surface area contributed by atoms with Crippen molar-refractivity contribution in [3.8, 4) is 11.5 Å². The number of carbonyl (C=O) groups is 2. The maximum absolute atomic E-state index is 13.4. The molecule has 200 valence electrons. The highest BCUT2D eigenvalue weighted by molar-refractivity contribution is 5.77. The van der Waals surface area contributed by atoms with Gasteiger partial charge in [0.15, 0.2) is 0 Å². The van der Waals surface area contributed by atoms with E-state index in [4.69, 9.17) is 4.74 Å². The van der Waals surface area contributed by atoms with Crippen molar-refractivity contribution in [2.75, 3.05) is 26.2 Å². The first kappa shape index (κ1) is 27.4. The normalized spacial score (nSPS) is 15.2. The predicted molar refractivity (Wildman–Crippen MR) is 152 cm³/mol. The number of hydrogen-bond acceptors (Lipinski definition) is 4. The quantitative estimate of drug-likeness (QED) is 0.411. The Balaban J connectivity index is 1.45. The van der Waals surface area contributed by atoms with Crippen LogP contribution in [0.2, 0.25) is 0 Å². The van der Waals surface area contributed by atoms with Gasteiger partial charge < -0.3 is 20.3 Å². The lowest BCUT2D eigenvalue weighted by atomic mass is 10.0. The van der Waals surface area contributed by atoms with Crippen LogP contribution in [0.3, 0.4) is 0 Å². The SMILES string of the molecule is CC(=O)NCCc1cc(C)ccc1Oc1cc(C)ccc1CCC(=O)N1CCNC[C@H]1Cc1ccccc1. The summed E-state index contributed by atoms with van der Waals surface area (Å²) in [7, 11) is 0. The van der Waals surface area contributed by atoms with Crippen molar-refractivity contribution in [1.29, 1.82) is 0 Å². The number of ether oxygens (including phenoxy) is 1. The molecule has 2 amide bonds. The first-order chi connectivity index (χ1) is 18.4. The Bertz CT molecular complexity index is 1240. The van der Waals surface area contributed by atoms with E-state index in [0.717, 1.165) is 59.8 Å². The van der Waals surface area contributed by atoms with Crippen LogP contribution >= 0.6 is 0 Å². The van der Waals surface area contributed by atoms with Gasteiger partial charge in [-0.15, -0.1) is 0 Å². The van der Waals surface area contributed by atoms with Gasteiger partial charge >= 0.3 is 0 Å². The van der Waals surface area contributed by atoms with Gasteiger partial charge in [0.2, 0.25) is 11.8 Å². The molecule has 3 aromatic carbocycles. The van der Waals surface area contributed by atoms with Crippen LogP contribution in [0.15, 0.2) is 66.7 Å². The molecular formula is C32H39N3O3. The van der Waals surface area contributed by atoms with E-state index in [2.05, 4.69) is 64.9 Å². The van der Waals surface area contributed by atoms with Crippen molar-refractivity contribution < 1.29 is 14.3 Å². The number of nitrogens with one attached hydrogen (secondary N) is 2. The van der Waals surface area contributed by atoms with E-state index in [1.54, 1.807) is 0 Å². The van der Waals surface area contributed by atoms with E-state index in [-0.39, 0.29) is 17.9 Å². The largest absolute Gasteiger partial charge is 0.457 e. The number of aryl methyl sites for hydroxylation is 3. The van der Waals surface area contributed by atoms with E-state index < -0.39 is 0 Å². The molecule has 4 rings (SSSR count). The van der Waals surface area contributed by atoms with E-state index in [0.29, 0.717) is 25.8 Å². The molecule has 6 heteroatoms. The highest BCUT2D eigenvalue weighted by Gasteiger charge is 2.26. The molecule has 0 aromatic heterocycles. The van der Waals surface area contributed by atoms with Gasteiger partial charge in [0.1, 0.15) is 11.5 Å². The summed E-state index contributed by atoms with van der Waals surface area (Å²) in [6.07, 6.45) is 2.59. The monoisotopic (exact) mass is 513 g/mol. The number of benzene rings is 3. The molecule has 1 atom stereocenters. The zero-order valence-electron chi connectivity index (χ0n) is 22.8. The fraction of sp³-hybridized carbons (Fsp3) is 0.375. The average Bonchev–Trinajstić information content (AvgIpc) is 2.90. The van der Waals surface area contributed by atoms with Crippen molar-refractivity contribution in [2.24, 2.45) is 0 Å². The van der Waals surface area contributed by atoms with Gasteiger partial charge in [0.25, 0.3) is 0 Å². The van der Waals surface area contributed by atoms with Crippen LogP contribution in [0.4, 0.5) is 0 Å². The van der Waals surface area contributed by atoms with Crippen LogP contribution in [0.25, 0.3) is 0 Å². The smallest absolute Gasteiger partial charge is 0.223 e. The molecule has 0 aliphatic carbocycles. The molecule has 0 bridgehead atoms. The third kappa shape index (κ3) is 7.68. The minimum absolute atomic E-state index is 0.0405. The van der Waals surface area contributed by atoms with Crippen LogP contribution in [0, 0.1) is 13.8 Å². The minimum atomic E-state index is -0.0405. The Hall–Kier alpha value is -3.64. The number of rotatable bonds is 10. The molecule has 0 spiro atoms. The summed E-state index contributed by atoms with van der Waals surface area (Å²) >= 11 is 0. The molecule has 1 fully saturated rings. The first-order valence-corrected chi connectivity index (χ1v) is 13.5. The second-order valence-corrected chi connectivity index (χ2v) is 10.2. The Kier molecular flexibility index (Phi) is 9.55. The summed E-state index contributed by atoms with van der Waals surface area (Å²) in [5, 5.41) is 6.32. The van der Waals surface area contributed by atoms with Gasteiger partial charge in [-0.3, -0.25) is 9.59 Å². The van der Waals surface area contributed by atoms with Gasteiger partial charge in [-0.05, 0) is 67.5 Å². The molecule has 1 aliphatic rings. The van der Waals surface area contributed by atoms with Crippen LogP contribution in [0.5, 0.6) is 11.5 Å². The fourth-order valence-corrected chi connectivity index (χ4v) is 5.00. The molecule has 0 saturated carbocycles. The van der Waals surface area contributed by atoms with Gasteiger partial charge in [-0.1, -0.05) is 60.2 Å². The summed E-state index contributed by atoms with van der Waals surface area (Å²) in [5.41, 5.74) is 5.57. The highest BCUT2D eigenvalue weighted by atomic mass is 16.5. The Morgan fingerprint density at radius 1 is 0.947 bits per heavy atom. The lowest BCUT2D eigenvalue weighted by molar-refractivity contribution is -0.134. The second-order valence-electron chi connectivity index (χ2n) is 10.2. The number of piperazine rings is 1. The van der Waals surface area contributed by atoms with Crippen LogP contribution in [0.1, 0.15) is 41.2 Å². The Morgan fingerprint density at radius 2 is 1.71 bits per heavy atom. The standard InChI is InChI=1S/C32H39N3O3/c1-23-10-13-30(28(19-23)15-16-34-25(3)36)38-31-20-24(2)9-11-27(31)12-14-32(37)35-18-17-33-22-29(35)21-26-7-5-4-6-8-26/h4-11,13,19-20,29,33H,12,14-18,21-22H2,1-3H3,(H,34,36)/t29-/m1/s1. The van der Waals surface area contributed by atoms with Crippen LogP contribution in [-0.2, 0) is 28.9 Å². The molecule has 1 saturated heterocycles. The van der Waals surface area contributed by atoms with E-state index in [9.17, 15) is 9.59 Å². The lowest BCUT2D eigenvalue weighted by Gasteiger charge is -2.36. The van der Waals surface area contributed by atoms with Gasteiger partial charge in [0, 0.05) is 45.6 Å². The highest BCUT2D eigenvalue weighted by Crippen LogP contribution is 2.31. The average molecular weight is 514 g/mol. The van der Waals surface area contributed by atoms with Crippen LogP contribution in [-0.4, -0.2) is 48.9 Å². The van der Waals surface area contributed by atoms with E-state index in [1.807, 2.05) is 31.2 Å². The Labute approximate surface area is 226 Å². The summed E-state index contributed by atoms with van der Waals surface area (Å²) in [4.78, 5) is 26.8. The molecule has 6 nitrogen and oxygen atoms in total. The van der Waals surface area contributed by atoms with Crippen LogP contribution < -0.4 is 15.4 Å². The maximum Gasteiger partial charge on any atom is 0.223 e. The zero-order valence-corrected chi connectivity index (χ0v) is 22.8. The molecule has 2 N–H and O–H groups in total. The Morgan fingerprint density at radius 3 is 2.50 bits per heavy atom. The molecule has 1 heterocycles.